The quantitative estimate of drug-likeness (QED) is 0.666. The van der Waals surface area contributed by atoms with Gasteiger partial charge in [0.25, 0.3) is 0 Å². The van der Waals surface area contributed by atoms with Gasteiger partial charge >= 0.3 is 5.97 Å². The summed E-state index contributed by atoms with van der Waals surface area (Å²) in [6.07, 6.45) is 3.90. The first-order valence-electron chi connectivity index (χ1n) is 7.28. The summed E-state index contributed by atoms with van der Waals surface area (Å²) in [5.41, 5.74) is 2.97. The van der Waals surface area contributed by atoms with E-state index in [-0.39, 0.29) is 23.2 Å². The van der Waals surface area contributed by atoms with Gasteiger partial charge in [-0.2, -0.15) is 5.26 Å². The number of nitriles is 1. The molecule has 0 bridgehead atoms. The largest absolute Gasteiger partial charge is 0.507 e. The number of ether oxygens (including phenoxy) is 1. The summed E-state index contributed by atoms with van der Waals surface area (Å²) in [4.78, 5) is 11.8. The Kier molecular flexibility index (Phi) is 5.00. The third-order valence-electron chi connectivity index (χ3n) is 4.03. The molecule has 0 aromatic heterocycles. The lowest BCUT2D eigenvalue weighted by atomic mass is 9.90. The standard InChI is InChI=1S/C18H19NO3/c1-3-13(14-4-5-15(11-19)17(20)10-14)6-7-16-12(2)8-9-22-18(16)21/h3-5,10,13,20H,1,6-9H2,2H3. The van der Waals surface area contributed by atoms with E-state index in [1.54, 1.807) is 18.2 Å². The third-order valence-corrected chi connectivity index (χ3v) is 4.03. The minimum absolute atomic E-state index is 0.00803. The molecule has 1 atom stereocenters. The fourth-order valence-corrected chi connectivity index (χ4v) is 2.62. The van der Waals surface area contributed by atoms with Crippen molar-refractivity contribution >= 4 is 5.97 Å². The number of esters is 1. The molecule has 4 nitrogen and oxygen atoms in total. The van der Waals surface area contributed by atoms with Gasteiger partial charge in [0.1, 0.15) is 11.8 Å². The van der Waals surface area contributed by atoms with Crippen LogP contribution in [0.4, 0.5) is 0 Å². The predicted octanol–water partition coefficient (Wildman–Crippen LogP) is 3.58. The number of benzene rings is 1. The average molecular weight is 297 g/mol. The Morgan fingerprint density at radius 1 is 1.55 bits per heavy atom. The van der Waals surface area contributed by atoms with Gasteiger partial charge in [-0.1, -0.05) is 17.7 Å². The number of hydrogen-bond acceptors (Lipinski definition) is 4. The number of cyclic esters (lactones) is 1. The highest BCUT2D eigenvalue weighted by Crippen LogP contribution is 2.30. The van der Waals surface area contributed by atoms with Gasteiger partial charge in [-0.25, -0.2) is 4.79 Å². The van der Waals surface area contributed by atoms with Crippen LogP contribution in [0, 0.1) is 11.3 Å². The van der Waals surface area contributed by atoms with Gasteiger partial charge in [0.15, 0.2) is 0 Å². The highest BCUT2D eigenvalue weighted by atomic mass is 16.5. The van der Waals surface area contributed by atoms with Crippen LogP contribution in [0.5, 0.6) is 5.75 Å². The SMILES string of the molecule is C=CC(CCC1=C(C)CCOC1=O)c1ccc(C#N)c(O)c1. The van der Waals surface area contributed by atoms with Gasteiger partial charge in [0.2, 0.25) is 0 Å². The van der Waals surface area contributed by atoms with Gasteiger partial charge in [-0.3, -0.25) is 0 Å². The van der Waals surface area contributed by atoms with Crippen molar-refractivity contribution in [1.29, 1.82) is 5.26 Å². The van der Waals surface area contributed by atoms with Gasteiger partial charge in [0, 0.05) is 17.9 Å². The molecule has 22 heavy (non-hydrogen) atoms. The maximum Gasteiger partial charge on any atom is 0.333 e. The van der Waals surface area contributed by atoms with Crippen molar-refractivity contribution in [1.82, 2.24) is 0 Å². The molecule has 114 valence electrons. The number of carbonyl (C=O) groups is 1. The van der Waals surface area contributed by atoms with E-state index in [0.717, 1.165) is 23.1 Å². The van der Waals surface area contributed by atoms with E-state index < -0.39 is 0 Å². The molecule has 2 rings (SSSR count). The first kappa shape index (κ1) is 15.8. The second-order valence-corrected chi connectivity index (χ2v) is 5.41. The molecule has 0 saturated heterocycles. The Balaban J connectivity index is 2.13. The lowest BCUT2D eigenvalue weighted by Gasteiger charge is -2.19. The number of carbonyl (C=O) groups excluding carboxylic acids is 1. The van der Waals surface area contributed by atoms with E-state index in [1.165, 1.54) is 0 Å². The molecule has 0 aliphatic carbocycles. The summed E-state index contributed by atoms with van der Waals surface area (Å²) in [6, 6.07) is 6.93. The Hall–Kier alpha value is -2.54. The number of phenolic OH excluding ortho intramolecular Hbond substituents is 1. The van der Waals surface area contributed by atoms with E-state index in [0.29, 0.717) is 19.4 Å². The zero-order valence-electron chi connectivity index (χ0n) is 12.6. The number of rotatable bonds is 5. The van der Waals surface area contributed by atoms with Gasteiger partial charge in [-0.05, 0) is 37.5 Å². The monoisotopic (exact) mass is 297 g/mol. The number of allylic oxidation sites excluding steroid dienone is 1. The van der Waals surface area contributed by atoms with E-state index in [2.05, 4.69) is 6.58 Å². The van der Waals surface area contributed by atoms with Crippen molar-refractivity contribution in [2.75, 3.05) is 6.61 Å². The second kappa shape index (κ2) is 6.95. The molecule has 1 aromatic carbocycles. The Labute approximate surface area is 130 Å². The second-order valence-electron chi connectivity index (χ2n) is 5.41. The maximum atomic E-state index is 11.8. The van der Waals surface area contributed by atoms with Crippen LogP contribution in [0.1, 0.15) is 43.2 Å². The topological polar surface area (TPSA) is 70.3 Å². The first-order valence-corrected chi connectivity index (χ1v) is 7.28. The van der Waals surface area contributed by atoms with Crippen LogP contribution in [0.2, 0.25) is 0 Å². The Morgan fingerprint density at radius 3 is 2.91 bits per heavy atom. The highest BCUT2D eigenvalue weighted by molar-refractivity contribution is 5.90. The summed E-state index contributed by atoms with van der Waals surface area (Å²) in [5.74, 6) is -0.248. The van der Waals surface area contributed by atoms with Gasteiger partial charge in [0.05, 0.1) is 12.2 Å². The van der Waals surface area contributed by atoms with Crippen molar-refractivity contribution < 1.29 is 14.6 Å². The van der Waals surface area contributed by atoms with Crippen molar-refractivity contribution in [3.8, 4) is 11.8 Å². The summed E-state index contributed by atoms with van der Waals surface area (Å²) in [7, 11) is 0. The lowest BCUT2D eigenvalue weighted by Crippen LogP contribution is -2.17. The van der Waals surface area contributed by atoms with Crippen LogP contribution in [0.25, 0.3) is 0 Å². The van der Waals surface area contributed by atoms with Gasteiger partial charge < -0.3 is 9.84 Å². The molecule has 1 aromatic rings. The van der Waals surface area contributed by atoms with Crippen molar-refractivity contribution in [3.05, 3.63) is 53.1 Å². The number of nitrogens with zero attached hydrogens (tertiary/aromatic N) is 1. The van der Waals surface area contributed by atoms with Crippen LogP contribution in [-0.2, 0) is 9.53 Å². The van der Waals surface area contributed by atoms with E-state index in [9.17, 15) is 9.90 Å². The van der Waals surface area contributed by atoms with Crippen LogP contribution in [-0.4, -0.2) is 17.7 Å². The summed E-state index contributed by atoms with van der Waals surface area (Å²) in [6.45, 7) is 6.26. The van der Waals surface area contributed by atoms with Crippen molar-refractivity contribution in [3.63, 3.8) is 0 Å². The summed E-state index contributed by atoms with van der Waals surface area (Å²) in [5, 5.41) is 18.6. The molecule has 1 heterocycles. The first-order chi connectivity index (χ1) is 10.6. The highest BCUT2D eigenvalue weighted by Gasteiger charge is 2.20. The molecule has 0 spiro atoms. The van der Waals surface area contributed by atoms with Crippen LogP contribution in [0.15, 0.2) is 42.0 Å². The minimum atomic E-state index is -0.228. The zero-order valence-corrected chi connectivity index (χ0v) is 12.6. The molecule has 1 unspecified atom stereocenters. The molecule has 1 aliphatic heterocycles. The number of hydrogen-bond donors (Lipinski definition) is 1. The normalized spacial score (nSPS) is 15.9. The van der Waals surface area contributed by atoms with Crippen LogP contribution >= 0.6 is 0 Å². The number of phenols is 1. The predicted molar refractivity (Wildman–Crippen MR) is 83.3 cm³/mol. The van der Waals surface area contributed by atoms with Crippen LogP contribution in [0.3, 0.4) is 0 Å². The molecule has 1 N–H and O–H groups in total. The zero-order chi connectivity index (χ0) is 16.1. The molecule has 0 radical (unpaired) electrons. The fraction of sp³-hybridized carbons (Fsp3) is 0.333. The number of aromatic hydroxyl groups is 1. The van der Waals surface area contributed by atoms with Gasteiger partial charge in [-0.15, -0.1) is 6.58 Å². The molecular formula is C18H19NO3. The fourth-order valence-electron chi connectivity index (χ4n) is 2.62. The Bertz CT molecular complexity index is 667. The molecule has 0 fully saturated rings. The third kappa shape index (κ3) is 3.37. The lowest BCUT2D eigenvalue weighted by molar-refractivity contribution is -0.140. The van der Waals surface area contributed by atoms with Crippen LogP contribution < -0.4 is 0 Å². The Morgan fingerprint density at radius 2 is 2.32 bits per heavy atom. The van der Waals surface area contributed by atoms with E-state index in [4.69, 9.17) is 10.00 Å². The van der Waals surface area contributed by atoms with E-state index in [1.807, 2.05) is 19.1 Å². The molecule has 0 amide bonds. The maximum absolute atomic E-state index is 11.8. The molecular weight excluding hydrogens is 278 g/mol. The summed E-state index contributed by atoms with van der Waals surface area (Å²) < 4.78 is 5.08. The van der Waals surface area contributed by atoms with E-state index >= 15 is 0 Å². The summed E-state index contributed by atoms with van der Waals surface area (Å²) >= 11 is 0. The van der Waals surface area contributed by atoms with Crippen molar-refractivity contribution in [2.45, 2.75) is 32.1 Å². The van der Waals surface area contributed by atoms with Crippen molar-refractivity contribution in [2.24, 2.45) is 0 Å². The molecule has 4 heteroatoms. The smallest absolute Gasteiger partial charge is 0.333 e. The average Bonchev–Trinajstić information content (AvgIpc) is 2.50. The molecule has 1 aliphatic rings. The minimum Gasteiger partial charge on any atom is -0.507 e. The molecule has 0 saturated carbocycles.